The van der Waals surface area contributed by atoms with Crippen LogP contribution in [0.2, 0.25) is 0 Å². The number of nitrogens with zero attached hydrogens (tertiary/aromatic N) is 1. The Hall–Kier alpha value is -1.55. The first-order valence-electron chi connectivity index (χ1n) is 6.81. The highest BCUT2D eigenvalue weighted by molar-refractivity contribution is 5.82. The Kier molecular flexibility index (Phi) is 5.17. The van der Waals surface area contributed by atoms with Crippen LogP contribution < -0.4 is 10.5 Å². The molecule has 0 aliphatic carbocycles. The van der Waals surface area contributed by atoms with Crippen molar-refractivity contribution in [3.05, 3.63) is 29.3 Å². The summed E-state index contributed by atoms with van der Waals surface area (Å²) in [5.41, 5.74) is 7.91. The van der Waals surface area contributed by atoms with Crippen LogP contribution in [0.3, 0.4) is 0 Å². The third-order valence-electron chi connectivity index (χ3n) is 3.45. The molecule has 112 valence electrons. The van der Waals surface area contributed by atoms with E-state index in [4.69, 9.17) is 10.5 Å². The SMILES string of the molecule is COc1ccc(CN(C)C(=O)[C@@H](N)C(C)(C)C)cc1C. The van der Waals surface area contributed by atoms with E-state index in [0.717, 1.165) is 16.9 Å². The maximum atomic E-state index is 12.3. The van der Waals surface area contributed by atoms with Crippen molar-refractivity contribution in [2.75, 3.05) is 14.2 Å². The standard InChI is InChI=1S/C16H26N2O2/c1-11-9-12(7-8-13(11)20-6)10-18(5)15(19)14(17)16(2,3)4/h7-9,14H,10,17H2,1-6H3/t14-/m1/s1. The number of benzene rings is 1. The normalized spacial score (nSPS) is 12.9. The van der Waals surface area contributed by atoms with Crippen LogP contribution in [-0.4, -0.2) is 31.0 Å². The number of carbonyl (C=O) groups excluding carboxylic acids is 1. The summed E-state index contributed by atoms with van der Waals surface area (Å²) < 4.78 is 5.23. The Labute approximate surface area is 121 Å². The number of methoxy groups -OCH3 is 1. The molecule has 0 heterocycles. The summed E-state index contributed by atoms with van der Waals surface area (Å²) in [6.07, 6.45) is 0. The average Bonchev–Trinajstić information content (AvgIpc) is 2.36. The van der Waals surface area contributed by atoms with Crippen LogP contribution in [0.1, 0.15) is 31.9 Å². The second kappa shape index (κ2) is 6.27. The zero-order chi connectivity index (χ0) is 15.5. The van der Waals surface area contributed by atoms with Crippen LogP contribution >= 0.6 is 0 Å². The van der Waals surface area contributed by atoms with Crippen LogP contribution in [0.25, 0.3) is 0 Å². The lowest BCUT2D eigenvalue weighted by atomic mass is 9.86. The van der Waals surface area contributed by atoms with E-state index >= 15 is 0 Å². The summed E-state index contributed by atoms with van der Waals surface area (Å²) in [5, 5.41) is 0. The molecule has 2 N–H and O–H groups in total. The van der Waals surface area contributed by atoms with Gasteiger partial charge in [-0.3, -0.25) is 4.79 Å². The van der Waals surface area contributed by atoms with Gasteiger partial charge in [0.1, 0.15) is 5.75 Å². The van der Waals surface area contributed by atoms with Gasteiger partial charge >= 0.3 is 0 Å². The second-order valence-corrected chi connectivity index (χ2v) is 6.34. The zero-order valence-electron chi connectivity index (χ0n) is 13.4. The highest BCUT2D eigenvalue weighted by Crippen LogP contribution is 2.21. The summed E-state index contributed by atoms with van der Waals surface area (Å²) in [6, 6.07) is 5.43. The van der Waals surface area contributed by atoms with E-state index in [2.05, 4.69) is 0 Å². The molecule has 4 nitrogen and oxygen atoms in total. The quantitative estimate of drug-likeness (QED) is 0.919. The fraction of sp³-hybridized carbons (Fsp3) is 0.562. The number of carbonyl (C=O) groups is 1. The highest BCUT2D eigenvalue weighted by Gasteiger charge is 2.29. The fourth-order valence-electron chi connectivity index (χ4n) is 2.00. The summed E-state index contributed by atoms with van der Waals surface area (Å²) >= 11 is 0. The third-order valence-corrected chi connectivity index (χ3v) is 3.45. The van der Waals surface area contributed by atoms with Crippen molar-refractivity contribution in [3.8, 4) is 5.75 Å². The molecule has 0 saturated heterocycles. The van der Waals surface area contributed by atoms with Gasteiger partial charge < -0.3 is 15.4 Å². The average molecular weight is 278 g/mol. The van der Waals surface area contributed by atoms with Crippen molar-refractivity contribution in [3.63, 3.8) is 0 Å². The first-order valence-corrected chi connectivity index (χ1v) is 6.81. The molecule has 0 bridgehead atoms. The monoisotopic (exact) mass is 278 g/mol. The fourth-order valence-corrected chi connectivity index (χ4v) is 2.00. The van der Waals surface area contributed by atoms with Gasteiger partial charge in [-0.1, -0.05) is 32.9 Å². The molecule has 0 fully saturated rings. The molecular formula is C16H26N2O2. The maximum absolute atomic E-state index is 12.3. The molecule has 0 spiro atoms. The topological polar surface area (TPSA) is 55.6 Å². The lowest BCUT2D eigenvalue weighted by Gasteiger charge is -2.30. The van der Waals surface area contributed by atoms with E-state index in [1.54, 1.807) is 19.1 Å². The van der Waals surface area contributed by atoms with E-state index in [0.29, 0.717) is 6.54 Å². The number of nitrogens with two attached hydrogens (primary N) is 1. The van der Waals surface area contributed by atoms with Gasteiger partial charge in [-0.2, -0.15) is 0 Å². The van der Waals surface area contributed by atoms with Gasteiger partial charge in [0.15, 0.2) is 0 Å². The molecule has 1 amide bonds. The minimum absolute atomic E-state index is 0.0361. The summed E-state index contributed by atoms with van der Waals surface area (Å²) in [5.74, 6) is 0.820. The van der Waals surface area contributed by atoms with Crippen molar-refractivity contribution in [2.45, 2.75) is 40.3 Å². The molecule has 4 heteroatoms. The predicted molar refractivity (Wildman–Crippen MR) is 81.6 cm³/mol. The van der Waals surface area contributed by atoms with Crippen molar-refractivity contribution in [2.24, 2.45) is 11.1 Å². The molecule has 1 atom stereocenters. The minimum atomic E-state index is -0.494. The molecule has 1 aromatic carbocycles. The first-order chi connectivity index (χ1) is 9.16. The van der Waals surface area contributed by atoms with Crippen LogP contribution in [0, 0.1) is 12.3 Å². The van der Waals surface area contributed by atoms with Gasteiger partial charge in [0.2, 0.25) is 5.91 Å². The molecule has 0 saturated carbocycles. The highest BCUT2D eigenvalue weighted by atomic mass is 16.5. The number of hydrogen-bond donors (Lipinski definition) is 1. The van der Waals surface area contributed by atoms with E-state index in [-0.39, 0.29) is 11.3 Å². The lowest BCUT2D eigenvalue weighted by Crippen LogP contribution is -2.48. The van der Waals surface area contributed by atoms with Gasteiger partial charge in [0.25, 0.3) is 0 Å². The molecule has 20 heavy (non-hydrogen) atoms. The zero-order valence-corrected chi connectivity index (χ0v) is 13.4. The number of likely N-dealkylation sites (N-methyl/N-ethyl adjacent to an activating group) is 1. The predicted octanol–water partition coefficient (Wildman–Crippen LogP) is 2.34. The Morgan fingerprint density at radius 1 is 1.40 bits per heavy atom. The van der Waals surface area contributed by atoms with E-state index in [1.807, 2.05) is 45.9 Å². The lowest BCUT2D eigenvalue weighted by molar-refractivity contribution is -0.134. The Morgan fingerprint density at radius 2 is 2.00 bits per heavy atom. The van der Waals surface area contributed by atoms with E-state index in [9.17, 15) is 4.79 Å². The van der Waals surface area contributed by atoms with Crippen molar-refractivity contribution < 1.29 is 9.53 Å². The Balaban J connectivity index is 2.78. The molecular weight excluding hydrogens is 252 g/mol. The second-order valence-electron chi connectivity index (χ2n) is 6.34. The maximum Gasteiger partial charge on any atom is 0.240 e. The molecule has 0 aliphatic heterocycles. The van der Waals surface area contributed by atoms with E-state index in [1.165, 1.54) is 0 Å². The number of rotatable bonds is 4. The number of ether oxygens (including phenoxy) is 1. The van der Waals surface area contributed by atoms with Gasteiger partial charge in [-0.05, 0) is 29.5 Å². The Bertz CT molecular complexity index is 478. The molecule has 1 aromatic rings. The largest absolute Gasteiger partial charge is 0.496 e. The van der Waals surface area contributed by atoms with E-state index < -0.39 is 6.04 Å². The third kappa shape index (κ3) is 3.97. The summed E-state index contributed by atoms with van der Waals surface area (Å²) in [6.45, 7) is 8.46. The van der Waals surface area contributed by atoms with Gasteiger partial charge in [0, 0.05) is 13.6 Å². The van der Waals surface area contributed by atoms with Crippen LogP contribution in [0.5, 0.6) is 5.75 Å². The van der Waals surface area contributed by atoms with Gasteiger partial charge in [0.05, 0.1) is 13.2 Å². The Morgan fingerprint density at radius 3 is 2.45 bits per heavy atom. The number of aryl methyl sites for hydroxylation is 1. The summed E-state index contributed by atoms with van der Waals surface area (Å²) in [7, 11) is 3.44. The van der Waals surface area contributed by atoms with Gasteiger partial charge in [-0.25, -0.2) is 0 Å². The number of amides is 1. The van der Waals surface area contributed by atoms with Crippen LogP contribution in [0.4, 0.5) is 0 Å². The van der Waals surface area contributed by atoms with Crippen molar-refractivity contribution in [1.82, 2.24) is 4.90 Å². The van der Waals surface area contributed by atoms with Crippen LogP contribution in [-0.2, 0) is 11.3 Å². The summed E-state index contributed by atoms with van der Waals surface area (Å²) in [4.78, 5) is 14.0. The smallest absolute Gasteiger partial charge is 0.240 e. The molecule has 1 rings (SSSR count). The molecule has 0 unspecified atom stereocenters. The van der Waals surface area contributed by atoms with Gasteiger partial charge in [-0.15, -0.1) is 0 Å². The minimum Gasteiger partial charge on any atom is -0.496 e. The molecule has 0 aliphatic rings. The van der Waals surface area contributed by atoms with Crippen molar-refractivity contribution in [1.29, 1.82) is 0 Å². The van der Waals surface area contributed by atoms with Crippen LogP contribution in [0.15, 0.2) is 18.2 Å². The first kappa shape index (κ1) is 16.5. The number of hydrogen-bond acceptors (Lipinski definition) is 3. The molecule has 0 radical (unpaired) electrons. The van der Waals surface area contributed by atoms with Crippen molar-refractivity contribution >= 4 is 5.91 Å². The molecule has 0 aromatic heterocycles.